The first kappa shape index (κ1) is 20.2. The molecular weight excluding hydrogens is 368 g/mol. The largest absolute Gasteiger partial charge is 0.503 e. The van der Waals surface area contributed by atoms with Crippen LogP contribution in [0.3, 0.4) is 0 Å². The molecule has 0 fully saturated rings. The zero-order chi connectivity index (χ0) is 20.8. The van der Waals surface area contributed by atoms with Crippen LogP contribution in [0, 0.1) is 6.92 Å². The van der Waals surface area contributed by atoms with Crippen molar-refractivity contribution in [2.24, 2.45) is 7.05 Å². The number of ether oxygens (including phenoxy) is 3. The van der Waals surface area contributed by atoms with Gasteiger partial charge in [0.15, 0.2) is 0 Å². The maximum atomic E-state index is 12.1. The summed E-state index contributed by atoms with van der Waals surface area (Å²) in [5.41, 5.74) is 4.92. The second kappa shape index (κ2) is 9.10. The Morgan fingerprint density at radius 3 is 2.52 bits per heavy atom. The number of nitrogens with zero attached hydrogens (tertiary/aromatic N) is 2. The van der Waals surface area contributed by atoms with Crippen LogP contribution in [0.4, 0.5) is 0 Å². The Morgan fingerprint density at radius 2 is 1.83 bits per heavy atom. The summed E-state index contributed by atoms with van der Waals surface area (Å²) in [5.74, 6) is 0.159. The number of benzene rings is 2. The van der Waals surface area contributed by atoms with Crippen molar-refractivity contribution in [3.05, 3.63) is 77.5 Å². The van der Waals surface area contributed by atoms with Gasteiger partial charge in [-0.25, -0.2) is 9.48 Å². The Morgan fingerprint density at radius 1 is 1.10 bits per heavy atom. The predicted molar refractivity (Wildman–Crippen MR) is 111 cm³/mol. The number of aromatic nitrogens is 2. The minimum atomic E-state index is -0.471. The highest BCUT2D eigenvalue weighted by Gasteiger charge is 2.17. The zero-order valence-electron chi connectivity index (χ0n) is 17.0. The molecular formula is C23H24N2O4. The Labute approximate surface area is 170 Å². The van der Waals surface area contributed by atoms with Crippen LogP contribution >= 0.6 is 0 Å². The van der Waals surface area contributed by atoms with Crippen LogP contribution in [0.15, 0.2) is 60.9 Å². The quantitative estimate of drug-likeness (QED) is 0.344. The van der Waals surface area contributed by atoms with Crippen LogP contribution in [0.2, 0.25) is 0 Å². The molecule has 6 heteroatoms. The van der Waals surface area contributed by atoms with Gasteiger partial charge in [-0.2, -0.15) is 5.10 Å². The van der Waals surface area contributed by atoms with Gasteiger partial charge in [0, 0.05) is 18.7 Å². The molecule has 2 aromatic carbocycles. The van der Waals surface area contributed by atoms with E-state index in [9.17, 15) is 4.79 Å². The number of methoxy groups -OCH3 is 2. The first-order valence-corrected chi connectivity index (χ1v) is 9.17. The van der Waals surface area contributed by atoms with E-state index < -0.39 is 5.97 Å². The highest BCUT2D eigenvalue weighted by atomic mass is 16.5. The first-order valence-electron chi connectivity index (χ1n) is 9.17. The Balaban J connectivity index is 1.83. The molecule has 1 aromatic heterocycles. The molecule has 29 heavy (non-hydrogen) atoms. The number of esters is 1. The number of carbonyl (C=O) groups excluding carboxylic acids is 1. The third-order valence-electron chi connectivity index (χ3n) is 4.51. The predicted octanol–water partition coefficient (Wildman–Crippen LogP) is 4.13. The van der Waals surface area contributed by atoms with E-state index in [1.54, 1.807) is 4.68 Å². The smallest absolute Gasteiger partial charge is 0.341 e. The van der Waals surface area contributed by atoms with Gasteiger partial charge in [-0.15, -0.1) is 0 Å². The van der Waals surface area contributed by atoms with Gasteiger partial charge in [-0.1, -0.05) is 54.1 Å². The number of carbonyl (C=O) groups is 1. The lowest BCUT2D eigenvalue weighted by Crippen LogP contribution is -2.09. The van der Waals surface area contributed by atoms with Crippen molar-refractivity contribution < 1.29 is 19.0 Å². The summed E-state index contributed by atoms with van der Waals surface area (Å²) >= 11 is 0. The molecule has 1 heterocycles. The van der Waals surface area contributed by atoms with Gasteiger partial charge in [-0.3, -0.25) is 0 Å². The zero-order valence-corrected chi connectivity index (χ0v) is 17.0. The molecule has 0 saturated heterocycles. The van der Waals surface area contributed by atoms with Crippen molar-refractivity contribution in [2.75, 3.05) is 14.2 Å². The maximum Gasteiger partial charge on any atom is 0.341 e. The van der Waals surface area contributed by atoms with E-state index in [2.05, 4.69) is 24.2 Å². The second-order valence-corrected chi connectivity index (χ2v) is 6.56. The minimum absolute atomic E-state index is 0.265. The van der Waals surface area contributed by atoms with Crippen LogP contribution in [-0.4, -0.2) is 30.0 Å². The number of rotatable bonds is 7. The van der Waals surface area contributed by atoms with Crippen molar-refractivity contribution in [3.63, 3.8) is 0 Å². The lowest BCUT2D eigenvalue weighted by Gasteiger charge is -2.12. The van der Waals surface area contributed by atoms with E-state index in [0.29, 0.717) is 17.0 Å². The lowest BCUT2D eigenvalue weighted by molar-refractivity contribution is -0.133. The summed E-state index contributed by atoms with van der Waals surface area (Å²) in [6.07, 6.45) is 1.38. The van der Waals surface area contributed by atoms with Gasteiger partial charge in [0.1, 0.15) is 12.2 Å². The van der Waals surface area contributed by atoms with E-state index in [1.165, 1.54) is 26.0 Å². The van der Waals surface area contributed by atoms with Crippen LogP contribution in [-0.2, 0) is 27.9 Å². The van der Waals surface area contributed by atoms with E-state index in [4.69, 9.17) is 14.2 Å². The molecule has 0 radical (unpaired) electrons. The molecule has 6 nitrogen and oxygen atoms in total. The van der Waals surface area contributed by atoms with Gasteiger partial charge in [-0.05, 0) is 18.1 Å². The molecule has 3 rings (SSSR count). The van der Waals surface area contributed by atoms with Gasteiger partial charge in [0.25, 0.3) is 0 Å². The molecule has 150 valence electrons. The summed E-state index contributed by atoms with van der Waals surface area (Å²) < 4.78 is 17.6. The molecule has 0 N–H and O–H groups in total. The molecule has 0 saturated carbocycles. The summed E-state index contributed by atoms with van der Waals surface area (Å²) in [6, 6.07) is 17.6. The molecule has 0 bridgehead atoms. The SMILES string of the molecule is CO/C=C(\C(=O)OC)c1ccccc1COc1cc(-c2ccc(C)cc2)nn1C. The molecule has 0 atom stereocenters. The number of aryl methyl sites for hydroxylation is 2. The minimum Gasteiger partial charge on any atom is -0.503 e. The van der Waals surface area contributed by atoms with Gasteiger partial charge in [0.2, 0.25) is 5.88 Å². The molecule has 0 aliphatic carbocycles. The van der Waals surface area contributed by atoms with Crippen molar-refractivity contribution in [1.29, 1.82) is 0 Å². The fraction of sp³-hybridized carbons (Fsp3) is 0.217. The number of hydrogen-bond acceptors (Lipinski definition) is 5. The van der Waals surface area contributed by atoms with E-state index in [0.717, 1.165) is 16.8 Å². The summed E-state index contributed by atoms with van der Waals surface area (Å²) in [4.78, 5) is 12.1. The highest BCUT2D eigenvalue weighted by molar-refractivity contribution is 6.16. The van der Waals surface area contributed by atoms with Crippen LogP contribution < -0.4 is 4.74 Å². The van der Waals surface area contributed by atoms with Gasteiger partial charge >= 0.3 is 5.97 Å². The monoisotopic (exact) mass is 392 g/mol. The average Bonchev–Trinajstić information content (AvgIpc) is 3.11. The van der Waals surface area contributed by atoms with Crippen molar-refractivity contribution in [3.8, 4) is 17.1 Å². The molecule has 0 unspecified atom stereocenters. The van der Waals surface area contributed by atoms with Gasteiger partial charge in [0.05, 0.1) is 26.2 Å². The van der Waals surface area contributed by atoms with Gasteiger partial charge < -0.3 is 14.2 Å². The van der Waals surface area contributed by atoms with E-state index in [-0.39, 0.29) is 6.61 Å². The maximum absolute atomic E-state index is 12.1. The van der Waals surface area contributed by atoms with Crippen LogP contribution in [0.1, 0.15) is 16.7 Å². The standard InChI is InChI=1S/C23H24N2O4/c1-16-9-11-17(12-10-16)21-13-22(25(2)24-21)29-14-18-7-5-6-8-19(18)20(15-27-3)23(26)28-4/h5-13,15H,14H2,1-4H3/b20-15-. The Kier molecular flexibility index (Phi) is 6.34. The topological polar surface area (TPSA) is 62.6 Å². The summed E-state index contributed by atoms with van der Waals surface area (Å²) in [6.45, 7) is 2.32. The summed E-state index contributed by atoms with van der Waals surface area (Å²) in [5, 5.41) is 4.54. The van der Waals surface area contributed by atoms with Crippen molar-refractivity contribution >= 4 is 11.5 Å². The first-order chi connectivity index (χ1) is 14.0. The fourth-order valence-corrected chi connectivity index (χ4v) is 2.96. The van der Waals surface area contributed by atoms with E-state index in [1.807, 2.05) is 49.5 Å². The lowest BCUT2D eigenvalue weighted by atomic mass is 10.0. The Hall–Kier alpha value is -3.54. The second-order valence-electron chi connectivity index (χ2n) is 6.56. The molecule has 0 aliphatic rings. The number of hydrogen-bond donors (Lipinski definition) is 0. The average molecular weight is 392 g/mol. The van der Waals surface area contributed by atoms with E-state index >= 15 is 0 Å². The molecule has 0 aliphatic heterocycles. The van der Waals surface area contributed by atoms with Crippen molar-refractivity contribution in [2.45, 2.75) is 13.5 Å². The Bertz CT molecular complexity index is 1020. The molecule has 0 amide bonds. The molecule has 3 aromatic rings. The highest BCUT2D eigenvalue weighted by Crippen LogP contribution is 2.26. The van der Waals surface area contributed by atoms with Crippen LogP contribution in [0.25, 0.3) is 16.8 Å². The fourth-order valence-electron chi connectivity index (χ4n) is 2.96. The summed E-state index contributed by atoms with van der Waals surface area (Å²) in [7, 11) is 4.67. The normalized spacial score (nSPS) is 11.2. The third-order valence-corrected chi connectivity index (χ3v) is 4.51. The van der Waals surface area contributed by atoms with Crippen molar-refractivity contribution in [1.82, 2.24) is 9.78 Å². The third kappa shape index (κ3) is 4.66. The van der Waals surface area contributed by atoms with Crippen LogP contribution in [0.5, 0.6) is 5.88 Å². The molecule has 0 spiro atoms.